The van der Waals surface area contributed by atoms with Crippen LogP contribution in [0.4, 0.5) is 0 Å². The Bertz CT molecular complexity index is 753. The second kappa shape index (κ2) is 7.56. The van der Waals surface area contributed by atoms with Crippen LogP contribution in [-0.2, 0) is 14.8 Å². The molecule has 1 N–H and O–H groups in total. The third-order valence-electron chi connectivity index (χ3n) is 5.42. The minimum atomic E-state index is -3.58. The molecule has 1 spiro atoms. The summed E-state index contributed by atoms with van der Waals surface area (Å²) >= 11 is 0. The van der Waals surface area contributed by atoms with E-state index in [2.05, 4.69) is 18.6 Å². The number of ether oxygens (including phenoxy) is 1. The van der Waals surface area contributed by atoms with Crippen molar-refractivity contribution in [3.63, 3.8) is 0 Å². The number of piperidine rings is 1. The molecule has 0 radical (unpaired) electrons. The molecular formula is C19H28N2O4S. The van der Waals surface area contributed by atoms with E-state index in [9.17, 15) is 13.2 Å². The lowest BCUT2D eigenvalue weighted by Crippen LogP contribution is -2.51. The number of hydrogen-bond donors (Lipinski definition) is 1. The highest BCUT2D eigenvalue weighted by molar-refractivity contribution is 7.89. The average molecular weight is 381 g/mol. The van der Waals surface area contributed by atoms with Crippen molar-refractivity contribution >= 4 is 15.9 Å². The van der Waals surface area contributed by atoms with Crippen molar-refractivity contribution in [1.82, 2.24) is 9.62 Å². The molecule has 3 rings (SSSR count). The first kappa shape index (κ1) is 19.2. The molecule has 1 fully saturated rings. The highest BCUT2D eigenvalue weighted by Gasteiger charge is 2.39. The fourth-order valence-electron chi connectivity index (χ4n) is 3.52. The van der Waals surface area contributed by atoms with Gasteiger partial charge in [0.15, 0.2) is 0 Å². The molecule has 1 aromatic carbocycles. The molecule has 0 aromatic heterocycles. The van der Waals surface area contributed by atoms with Gasteiger partial charge < -0.3 is 9.64 Å². The number of carbonyl (C=O) groups excluding carboxylic acids is 1. The van der Waals surface area contributed by atoms with Crippen LogP contribution in [-0.4, -0.2) is 45.5 Å². The van der Waals surface area contributed by atoms with Gasteiger partial charge in [-0.3, -0.25) is 4.79 Å². The molecule has 6 nitrogen and oxygen atoms in total. The minimum Gasteiger partial charge on any atom is -0.492 e. The Morgan fingerprint density at radius 3 is 2.65 bits per heavy atom. The number of nitrogens with zero attached hydrogens (tertiary/aromatic N) is 1. The smallest absolute Gasteiger partial charge is 0.244 e. The lowest BCUT2D eigenvalue weighted by molar-refractivity contribution is -0.134. The Labute approximate surface area is 156 Å². The second-order valence-electron chi connectivity index (χ2n) is 7.87. The van der Waals surface area contributed by atoms with Crippen molar-refractivity contribution in [2.45, 2.75) is 44.4 Å². The maximum absolute atomic E-state index is 12.5. The first-order valence-electron chi connectivity index (χ1n) is 9.31. The zero-order valence-corrected chi connectivity index (χ0v) is 16.3. The van der Waals surface area contributed by atoms with Crippen molar-refractivity contribution < 1.29 is 17.9 Å². The quantitative estimate of drug-likeness (QED) is 0.874. The number of rotatable bonds is 3. The Kier molecular flexibility index (Phi) is 5.58. The molecule has 144 valence electrons. The molecule has 1 saturated heterocycles. The fraction of sp³-hybridized carbons (Fsp3) is 0.632. The number of benzene rings is 1. The highest BCUT2D eigenvalue weighted by atomic mass is 32.2. The molecular weight excluding hydrogens is 352 g/mol. The number of nitrogens with one attached hydrogen (secondary N) is 1. The monoisotopic (exact) mass is 380 g/mol. The van der Waals surface area contributed by atoms with E-state index in [1.165, 1.54) is 0 Å². The van der Waals surface area contributed by atoms with Gasteiger partial charge in [-0.15, -0.1) is 0 Å². The Balaban J connectivity index is 1.67. The molecule has 7 heteroatoms. The van der Waals surface area contributed by atoms with Gasteiger partial charge in [-0.05, 0) is 37.3 Å². The summed E-state index contributed by atoms with van der Waals surface area (Å²) in [5.41, 5.74) is -0.268. The molecule has 0 bridgehead atoms. The van der Waals surface area contributed by atoms with Crippen LogP contribution in [0.15, 0.2) is 29.2 Å². The van der Waals surface area contributed by atoms with Crippen molar-refractivity contribution in [2.24, 2.45) is 11.3 Å². The number of fused-ring (bicyclic) bond motifs is 1. The molecule has 1 amide bonds. The maximum atomic E-state index is 12.5. The first-order valence-corrected chi connectivity index (χ1v) is 10.8. The van der Waals surface area contributed by atoms with Crippen LogP contribution in [0.3, 0.4) is 0 Å². The predicted octanol–water partition coefficient (Wildman–Crippen LogP) is 2.40. The number of para-hydroxylation sites is 1. The fourth-order valence-corrected chi connectivity index (χ4v) is 4.82. The summed E-state index contributed by atoms with van der Waals surface area (Å²) in [6, 6.07) is 6.72. The molecule has 2 aliphatic heterocycles. The van der Waals surface area contributed by atoms with E-state index in [1.807, 2.05) is 4.90 Å². The van der Waals surface area contributed by atoms with Gasteiger partial charge in [0.25, 0.3) is 0 Å². The largest absolute Gasteiger partial charge is 0.492 e. The molecule has 26 heavy (non-hydrogen) atoms. The zero-order valence-electron chi connectivity index (χ0n) is 15.5. The Morgan fingerprint density at radius 2 is 1.96 bits per heavy atom. The third kappa shape index (κ3) is 4.20. The van der Waals surface area contributed by atoms with Gasteiger partial charge in [0, 0.05) is 31.5 Å². The van der Waals surface area contributed by atoms with Gasteiger partial charge in [0.2, 0.25) is 15.9 Å². The number of amides is 1. The molecule has 0 atom stereocenters. The standard InChI is InChI=1S/C19H28N2O4S/c1-15(2)7-8-18(22)21-11-9-19(10-12-21)13-20-26(23,24)17-6-4-3-5-16(17)25-14-19/h3-6,15,20H,7-14H2,1-2H3. The molecule has 1 aromatic rings. The van der Waals surface area contributed by atoms with Crippen LogP contribution >= 0.6 is 0 Å². The van der Waals surface area contributed by atoms with Crippen molar-refractivity contribution in [2.75, 3.05) is 26.2 Å². The maximum Gasteiger partial charge on any atom is 0.244 e. The van der Waals surface area contributed by atoms with E-state index < -0.39 is 10.0 Å². The summed E-state index contributed by atoms with van der Waals surface area (Å²) in [7, 11) is -3.58. The summed E-state index contributed by atoms with van der Waals surface area (Å²) in [5, 5.41) is 0. The van der Waals surface area contributed by atoms with E-state index in [-0.39, 0.29) is 16.2 Å². The van der Waals surface area contributed by atoms with Gasteiger partial charge in [-0.25, -0.2) is 13.1 Å². The SMILES string of the molecule is CC(C)CCC(=O)N1CCC2(CC1)CNS(=O)(=O)c1ccccc1OC2. The van der Waals surface area contributed by atoms with Gasteiger partial charge in [0.1, 0.15) is 10.6 Å². The summed E-state index contributed by atoms with van der Waals surface area (Å²) in [5.74, 6) is 1.12. The number of likely N-dealkylation sites (tertiary alicyclic amines) is 1. The summed E-state index contributed by atoms with van der Waals surface area (Å²) in [6.07, 6.45) is 2.97. The molecule has 2 heterocycles. The molecule has 0 aliphatic carbocycles. The Hall–Kier alpha value is -1.60. The van der Waals surface area contributed by atoms with Crippen LogP contribution in [0.5, 0.6) is 5.75 Å². The first-order chi connectivity index (χ1) is 12.3. The zero-order chi connectivity index (χ0) is 18.8. The van der Waals surface area contributed by atoms with Crippen LogP contribution in [0.25, 0.3) is 0 Å². The van der Waals surface area contributed by atoms with E-state index in [0.29, 0.717) is 44.3 Å². The Morgan fingerprint density at radius 1 is 1.27 bits per heavy atom. The average Bonchev–Trinajstić information content (AvgIpc) is 2.63. The summed E-state index contributed by atoms with van der Waals surface area (Å²) in [6.45, 7) is 6.36. The topological polar surface area (TPSA) is 75.7 Å². The van der Waals surface area contributed by atoms with Crippen molar-refractivity contribution in [3.8, 4) is 5.75 Å². The van der Waals surface area contributed by atoms with E-state index in [4.69, 9.17) is 4.74 Å². The van der Waals surface area contributed by atoms with Crippen LogP contribution < -0.4 is 9.46 Å². The lowest BCUT2D eigenvalue weighted by atomic mass is 9.79. The number of hydrogen-bond acceptors (Lipinski definition) is 4. The summed E-state index contributed by atoms with van der Waals surface area (Å²) < 4.78 is 33.7. The van der Waals surface area contributed by atoms with Crippen LogP contribution in [0, 0.1) is 11.3 Å². The minimum absolute atomic E-state index is 0.191. The van der Waals surface area contributed by atoms with Gasteiger partial charge in [0.05, 0.1) is 6.61 Å². The van der Waals surface area contributed by atoms with Gasteiger partial charge in [-0.2, -0.15) is 0 Å². The van der Waals surface area contributed by atoms with Crippen molar-refractivity contribution in [1.29, 1.82) is 0 Å². The highest BCUT2D eigenvalue weighted by Crippen LogP contribution is 2.36. The van der Waals surface area contributed by atoms with Gasteiger partial charge in [-0.1, -0.05) is 26.0 Å². The predicted molar refractivity (Wildman–Crippen MR) is 99.4 cm³/mol. The molecule has 2 aliphatic rings. The number of sulfonamides is 1. The van der Waals surface area contributed by atoms with E-state index in [0.717, 1.165) is 19.3 Å². The van der Waals surface area contributed by atoms with Gasteiger partial charge >= 0.3 is 0 Å². The normalized spacial score (nSPS) is 21.6. The van der Waals surface area contributed by atoms with E-state index >= 15 is 0 Å². The molecule has 0 unspecified atom stereocenters. The van der Waals surface area contributed by atoms with Crippen molar-refractivity contribution in [3.05, 3.63) is 24.3 Å². The molecule has 0 saturated carbocycles. The number of carbonyl (C=O) groups is 1. The van der Waals surface area contributed by atoms with E-state index in [1.54, 1.807) is 24.3 Å². The van der Waals surface area contributed by atoms with Crippen LogP contribution in [0.2, 0.25) is 0 Å². The summed E-state index contributed by atoms with van der Waals surface area (Å²) in [4.78, 5) is 14.4. The second-order valence-corrected chi connectivity index (χ2v) is 9.61. The lowest BCUT2D eigenvalue weighted by Gasteiger charge is -2.42. The van der Waals surface area contributed by atoms with Crippen LogP contribution in [0.1, 0.15) is 39.5 Å². The third-order valence-corrected chi connectivity index (χ3v) is 6.86.